The first kappa shape index (κ1) is 23.3. The Balaban J connectivity index is 1.82. The zero-order valence-corrected chi connectivity index (χ0v) is 20.4. The van der Waals surface area contributed by atoms with Gasteiger partial charge in [0.25, 0.3) is 11.8 Å². The minimum absolute atomic E-state index is 0.268. The lowest BCUT2D eigenvalue weighted by atomic mass is 9.97. The summed E-state index contributed by atoms with van der Waals surface area (Å²) in [7, 11) is 0. The first-order valence-electron chi connectivity index (χ1n) is 11.6. The molecule has 174 valence electrons. The molecule has 0 unspecified atom stereocenters. The highest BCUT2D eigenvalue weighted by molar-refractivity contribution is 6.46. The zero-order chi connectivity index (χ0) is 24.4. The monoisotopic (exact) mass is 454 g/mol. The van der Waals surface area contributed by atoms with E-state index in [2.05, 4.69) is 5.32 Å². The predicted molar refractivity (Wildman–Crippen MR) is 137 cm³/mol. The lowest BCUT2D eigenvalue weighted by Crippen LogP contribution is -2.33. The van der Waals surface area contributed by atoms with Gasteiger partial charge in [0.2, 0.25) is 0 Å². The van der Waals surface area contributed by atoms with Gasteiger partial charge >= 0.3 is 0 Å². The number of anilines is 2. The number of carbonyl (C=O) groups excluding carboxylic acids is 2. The Morgan fingerprint density at radius 3 is 2.21 bits per heavy atom. The Hall–Kier alpha value is -3.86. The van der Waals surface area contributed by atoms with Crippen LogP contribution in [0, 0.1) is 27.7 Å². The quantitative estimate of drug-likeness (QED) is 0.438. The summed E-state index contributed by atoms with van der Waals surface area (Å²) in [4.78, 5) is 28.8. The highest BCUT2D eigenvalue weighted by Gasteiger charge is 2.41. The minimum atomic E-state index is -0.369. The van der Waals surface area contributed by atoms with Gasteiger partial charge in [-0.25, -0.2) is 4.90 Å². The van der Waals surface area contributed by atoms with Crippen LogP contribution in [0.1, 0.15) is 41.2 Å². The van der Waals surface area contributed by atoms with Crippen molar-refractivity contribution in [3.8, 4) is 5.75 Å². The van der Waals surface area contributed by atoms with Gasteiger partial charge in [0.1, 0.15) is 11.4 Å². The number of amides is 2. The largest absolute Gasteiger partial charge is 0.494 e. The first-order chi connectivity index (χ1) is 16.3. The fourth-order valence-electron chi connectivity index (χ4n) is 4.29. The molecule has 4 rings (SSSR count). The van der Waals surface area contributed by atoms with E-state index >= 15 is 0 Å². The number of rotatable bonds is 7. The SMILES string of the molecule is CCCOc1cccc(NC2=C(c3ccc(C)cc3C)C(=O)N(c3ccc(C)cc3C)C2=O)c1. The van der Waals surface area contributed by atoms with Crippen molar-refractivity contribution in [2.24, 2.45) is 0 Å². The molecule has 1 aliphatic rings. The normalized spacial score (nSPS) is 13.6. The number of benzene rings is 3. The van der Waals surface area contributed by atoms with Gasteiger partial charge in [0.05, 0.1) is 17.9 Å². The zero-order valence-electron chi connectivity index (χ0n) is 20.4. The van der Waals surface area contributed by atoms with Crippen molar-refractivity contribution in [2.45, 2.75) is 41.0 Å². The number of hydrogen-bond acceptors (Lipinski definition) is 4. The van der Waals surface area contributed by atoms with E-state index in [0.29, 0.717) is 29.3 Å². The van der Waals surface area contributed by atoms with Crippen LogP contribution < -0.4 is 15.0 Å². The third kappa shape index (κ3) is 4.46. The molecule has 3 aromatic rings. The molecule has 0 saturated heterocycles. The van der Waals surface area contributed by atoms with Crippen LogP contribution in [-0.4, -0.2) is 18.4 Å². The molecule has 0 fully saturated rings. The van der Waals surface area contributed by atoms with E-state index < -0.39 is 0 Å². The number of hydrogen-bond donors (Lipinski definition) is 1. The smallest absolute Gasteiger partial charge is 0.282 e. The van der Waals surface area contributed by atoms with E-state index in [9.17, 15) is 9.59 Å². The molecular formula is C29H30N2O3. The Bertz CT molecular complexity index is 1310. The topological polar surface area (TPSA) is 58.6 Å². The third-order valence-corrected chi connectivity index (χ3v) is 5.90. The van der Waals surface area contributed by atoms with Crippen molar-refractivity contribution in [3.63, 3.8) is 0 Å². The van der Waals surface area contributed by atoms with E-state index in [-0.39, 0.29) is 17.5 Å². The molecule has 1 aliphatic heterocycles. The lowest BCUT2D eigenvalue weighted by Gasteiger charge is -2.18. The highest BCUT2D eigenvalue weighted by Crippen LogP contribution is 2.37. The average Bonchev–Trinajstić information content (AvgIpc) is 3.02. The molecule has 0 bridgehead atoms. The van der Waals surface area contributed by atoms with Crippen LogP contribution in [-0.2, 0) is 9.59 Å². The molecule has 2 amide bonds. The molecule has 5 nitrogen and oxygen atoms in total. The second kappa shape index (κ2) is 9.56. The Labute approximate surface area is 201 Å². The minimum Gasteiger partial charge on any atom is -0.494 e. The molecule has 3 aromatic carbocycles. The summed E-state index contributed by atoms with van der Waals surface area (Å²) >= 11 is 0. The van der Waals surface area contributed by atoms with E-state index in [1.807, 2.05) is 95.3 Å². The third-order valence-electron chi connectivity index (χ3n) is 5.90. The second-order valence-corrected chi connectivity index (χ2v) is 8.81. The summed E-state index contributed by atoms with van der Waals surface area (Å²) in [6.45, 7) is 10.5. The van der Waals surface area contributed by atoms with Gasteiger partial charge in [-0.3, -0.25) is 9.59 Å². The molecule has 34 heavy (non-hydrogen) atoms. The lowest BCUT2D eigenvalue weighted by molar-refractivity contribution is -0.120. The maximum Gasteiger partial charge on any atom is 0.282 e. The molecule has 0 saturated carbocycles. The van der Waals surface area contributed by atoms with E-state index in [1.54, 1.807) is 0 Å². The maximum atomic E-state index is 13.8. The van der Waals surface area contributed by atoms with Crippen LogP contribution in [0.5, 0.6) is 5.75 Å². The number of nitrogens with zero attached hydrogens (tertiary/aromatic N) is 1. The summed E-state index contributed by atoms with van der Waals surface area (Å²) in [6.07, 6.45) is 0.900. The predicted octanol–water partition coefficient (Wildman–Crippen LogP) is 6.11. The Morgan fingerprint density at radius 2 is 1.53 bits per heavy atom. The van der Waals surface area contributed by atoms with Crippen molar-refractivity contribution >= 4 is 28.8 Å². The number of nitrogens with one attached hydrogen (secondary N) is 1. The average molecular weight is 455 g/mol. The summed E-state index contributed by atoms with van der Waals surface area (Å²) in [5.41, 5.74) is 6.67. The summed E-state index contributed by atoms with van der Waals surface area (Å²) in [5.74, 6) is 0.0140. The molecule has 5 heteroatoms. The van der Waals surface area contributed by atoms with Crippen LogP contribution in [0.3, 0.4) is 0 Å². The summed E-state index contributed by atoms with van der Waals surface area (Å²) in [6, 6.07) is 19.1. The van der Waals surface area contributed by atoms with Crippen molar-refractivity contribution in [2.75, 3.05) is 16.8 Å². The molecule has 1 heterocycles. The number of imide groups is 1. The van der Waals surface area contributed by atoms with Gasteiger partial charge in [-0.2, -0.15) is 0 Å². The molecule has 0 radical (unpaired) electrons. The fourth-order valence-corrected chi connectivity index (χ4v) is 4.29. The van der Waals surface area contributed by atoms with Crippen LogP contribution in [0.4, 0.5) is 11.4 Å². The van der Waals surface area contributed by atoms with Gasteiger partial charge in [0, 0.05) is 11.8 Å². The van der Waals surface area contributed by atoms with Crippen LogP contribution >= 0.6 is 0 Å². The van der Waals surface area contributed by atoms with Crippen molar-refractivity contribution < 1.29 is 14.3 Å². The first-order valence-corrected chi connectivity index (χ1v) is 11.6. The molecule has 0 spiro atoms. The molecular weight excluding hydrogens is 424 g/mol. The van der Waals surface area contributed by atoms with Gasteiger partial charge in [-0.1, -0.05) is 54.4 Å². The van der Waals surface area contributed by atoms with Gasteiger partial charge in [-0.15, -0.1) is 0 Å². The summed E-state index contributed by atoms with van der Waals surface area (Å²) in [5, 5.41) is 3.25. The van der Waals surface area contributed by atoms with Crippen molar-refractivity contribution in [1.82, 2.24) is 0 Å². The number of ether oxygens (including phenoxy) is 1. The van der Waals surface area contributed by atoms with Gasteiger partial charge in [0.15, 0.2) is 0 Å². The second-order valence-electron chi connectivity index (χ2n) is 8.81. The van der Waals surface area contributed by atoms with Gasteiger partial charge < -0.3 is 10.1 Å². The van der Waals surface area contributed by atoms with Crippen LogP contribution in [0.2, 0.25) is 0 Å². The molecule has 1 N–H and O–H groups in total. The number of aryl methyl sites for hydroxylation is 4. The Kier molecular flexibility index (Phi) is 6.55. The van der Waals surface area contributed by atoms with Crippen LogP contribution in [0.25, 0.3) is 5.57 Å². The molecule has 0 aliphatic carbocycles. The van der Waals surface area contributed by atoms with Crippen molar-refractivity contribution in [3.05, 3.63) is 94.2 Å². The standard InChI is InChI=1S/C29H30N2O3/c1-6-14-34-23-9-7-8-22(17-23)30-27-26(24-12-10-18(2)15-20(24)4)28(32)31(29(27)33)25-13-11-19(3)16-21(25)5/h7-13,15-17,30H,6,14H2,1-5H3. The van der Waals surface area contributed by atoms with E-state index in [1.165, 1.54) is 4.90 Å². The molecule has 0 aromatic heterocycles. The number of carbonyl (C=O) groups is 2. The highest BCUT2D eigenvalue weighted by atomic mass is 16.5. The Morgan fingerprint density at radius 1 is 0.824 bits per heavy atom. The van der Waals surface area contributed by atoms with Gasteiger partial charge in [-0.05, 0) is 69.0 Å². The van der Waals surface area contributed by atoms with Crippen LogP contribution in [0.15, 0.2) is 66.4 Å². The maximum absolute atomic E-state index is 13.8. The van der Waals surface area contributed by atoms with E-state index in [0.717, 1.165) is 34.2 Å². The summed E-state index contributed by atoms with van der Waals surface area (Å²) < 4.78 is 5.75. The van der Waals surface area contributed by atoms with E-state index in [4.69, 9.17) is 4.74 Å². The van der Waals surface area contributed by atoms with Crippen molar-refractivity contribution in [1.29, 1.82) is 0 Å². The fraction of sp³-hybridized carbons (Fsp3) is 0.241. The molecule has 0 atom stereocenters.